The highest BCUT2D eigenvalue weighted by molar-refractivity contribution is 5.19. The van der Waals surface area contributed by atoms with Crippen molar-refractivity contribution < 1.29 is 0 Å². The zero-order valence-corrected chi connectivity index (χ0v) is 6.33. The van der Waals surface area contributed by atoms with Gasteiger partial charge < -0.3 is 5.73 Å². The lowest BCUT2D eigenvalue weighted by Crippen LogP contribution is -2.05. The second kappa shape index (κ2) is 2.58. The molecule has 0 aromatic carbocycles. The van der Waals surface area contributed by atoms with Crippen LogP contribution >= 0.6 is 0 Å². The first-order chi connectivity index (χ1) is 5.42. The standard InChI is InChI=1S/C8H11N3/c9-5-7-8(6-1-2-6)11-4-3-10-7/h3-4,6H,1-2,5,9H2. The van der Waals surface area contributed by atoms with E-state index in [4.69, 9.17) is 5.73 Å². The molecule has 0 bridgehead atoms. The lowest BCUT2D eigenvalue weighted by Gasteiger charge is -2.01. The van der Waals surface area contributed by atoms with Crippen LogP contribution in [0.5, 0.6) is 0 Å². The Balaban J connectivity index is 2.34. The summed E-state index contributed by atoms with van der Waals surface area (Å²) >= 11 is 0. The van der Waals surface area contributed by atoms with Crippen molar-refractivity contribution in [2.45, 2.75) is 25.3 Å². The van der Waals surface area contributed by atoms with Gasteiger partial charge in [-0.1, -0.05) is 0 Å². The summed E-state index contributed by atoms with van der Waals surface area (Å²) in [6, 6.07) is 0. The molecule has 0 unspecified atom stereocenters. The van der Waals surface area contributed by atoms with E-state index >= 15 is 0 Å². The van der Waals surface area contributed by atoms with Crippen molar-refractivity contribution in [2.75, 3.05) is 0 Å². The zero-order valence-electron chi connectivity index (χ0n) is 6.33. The summed E-state index contributed by atoms with van der Waals surface area (Å²) in [6.07, 6.45) is 5.96. The molecule has 2 rings (SSSR count). The van der Waals surface area contributed by atoms with Crippen molar-refractivity contribution in [2.24, 2.45) is 5.73 Å². The largest absolute Gasteiger partial charge is 0.325 e. The monoisotopic (exact) mass is 149 g/mol. The summed E-state index contributed by atoms with van der Waals surface area (Å²) < 4.78 is 0. The predicted molar refractivity (Wildman–Crippen MR) is 41.9 cm³/mol. The molecule has 1 fully saturated rings. The fourth-order valence-electron chi connectivity index (χ4n) is 1.23. The van der Waals surface area contributed by atoms with Crippen LogP contribution in [-0.2, 0) is 6.54 Å². The van der Waals surface area contributed by atoms with Crippen LogP contribution in [0, 0.1) is 0 Å². The summed E-state index contributed by atoms with van der Waals surface area (Å²) in [4.78, 5) is 8.44. The molecule has 0 amide bonds. The van der Waals surface area contributed by atoms with E-state index in [0.29, 0.717) is 12.5 Å². The molecule has 3 nitrogen and oxygen atoms in total. The van der Waals surface area contributed by atoms with Crippen molar-refractivity contribution >= 4 is 0 Å². The Hall–Kier alpha value is -0.960. The minimum Gasteiger partial charge on any atom is -0.325 e. The van der Waals surface area contributed by atoms with Gasteiger partial charge in [-0.25, -0.2) is 0 Å². The molecule has 1 saturated carbocycles. The first-order valence-electron chi connectivity index (χ1n) is 3.91. The molecule has 1 aromatic heterocycles. The summed E-state index contributed by atoms with van der Waals surface area (Å²) in [5.41, 5.74) is 7.60. The van der Waals surface area contributed by atoms with Gasteiger partial charge in [0.05, 0.1) is 11.4 Å². The molecule has 11 heavy (non-hydrogen) atoms. The first-order valence-corrected chi connectivity index (χ1v) is 3.91. The molecule has 3 heteroatoms. The van der Waals surface area contributed by atoms with Crippen LogP contribution in [0.1, 0.15) is 30.1 Å². The van der Waals surface area contributed by atoms with Crippen LogP contribution in [0.4, 0.5) is 0 Å². The third kappa shape index (κ3) is 1.24. The fraction of sp³-hybridized carbons (Fsp3) is 0.500. The Morgan fingerprint density at radius 3 is 2.73 bits per heavy atom. The van der Waals surface area contributed by atoms with E-state index in [1.54, 1.807) is 12.4 Å². The molecule has 1 aromatic rings. The van der Waals surface area contributed by atoms with E-state index in [2.05, 4.69) is 9.97 Å². The number of nitrogens with two attached hydrogens (primary N) is 1. The van der Waals surface area contributed by atoms with Crippen molar-refractivity contribution in [3.63, 3.8) is 0 Å². The van der Waals surface area contributed by atoms with E-state index in [0.717, 1.165) is 11.4 Å². The molecular formula is C8H11N3. The van der Waals surface area contributed by atoms with Gasteiger partial charge in [0.15, 0.2) is 0 Å². The van der Waals surface area contributed by atoms with Crippen molar-refractivity contribution in [3.05, 3.63) is 23.8 Å². The molecule has 58 valence electrons. The minimum atomic E-state index is 0.514. The van der Waals surface area contributed by atoms with Crippen LogP contribution < -0.4 is 5.73 Å². The average molecular weight is 149 g/mol. The summed E-state index contributed by atoms with van der Waals surface area (Å²) in [5, 5.41) is 0. The van der Waals surface area contributed by atoms with Gasteiger partial charge in [-0.15, -0.1) is 0 Å². The Bertz CT molecular complexity index is 255. The number of aromatic nitrogens is 2. The highest BCUT2D eigenvalue weighted by atomic mass is 14.8. The normalized spacial score (nSPS) is 16.8. The summed E-state index contributed by atoms with van der Waals surface area (Å²) in [6.45, 7) is 0.514. The average Bonchev–Trinajstić information content (AvgIpc) is 2.87. The van der Waals surface area contributed by atoms with Crippen molar-refractivity contribution in [1.82, 2.24) is 9.97 Å². The lowest BCUT2D eigenvalue weighted by molar-refractivity contribution is 0.878. The van der Waals surface area contributed by atoms with Gasteiger partial charge in [0.25, 0.3) is 0 Å². The van der Waals surface area contributed by atoms with Gasteiger partial charge >= 0.3 is 0 Å². The molecule has 0 atom stereocenters. The maximum atomic E-state index is 5.51. The first kappa shape index (κ1) is 6.73. The maximum absolute atomic E-state index is 5.51. The number of hydrogen-bond donors (Lipinski definition) is 1. The highest BCUT2D eigenvalue weighted by Crippen LogP contribution is 2.39. The molecule has 0 aliphatic heterocycles. The Morgan fingerprint density at radius 2 is 2.09 bits per heavy atom. The maximum Gasteiger partial charge on any atom is 0.0757 e. The summed E-state index contributed by atoms with van der Waals surface area (Å²) in [7, 11) is 0. The molecular weight excluding hydrogens is 138 g/mol. The molecule has 1 aliphatic rings. The third-order valence-electron chi connectivity index (χ3n) is 1.96. The molecule has 0 radical (unpaired) electrons. The fourth-order valence-corrected chi connectivity index (χ4v) is 1.23. The third-order valence-corrected chi connectivity index (χ3v) is 1.96. The van der Waals surface area contributed by atoms with Gasteiger partial charge in [-0.2, -0.15) is 0 Å². The van der Waals surface area contributed by atoms with Crippen LogP contribution in [0.25, 0.3) is 0 Å². The van der Waals surface area contributed by atoms with E-state index in [9.17, 15) is 0 Å². The topological polar surface area (TPSA) is 51.8 Å². The van der Waals surface area contributed by atoms with Gasteiger partial charge in [0, 0.05) is 24.9 Å². The zero-order chi connectivity index (χ0) is 7.68. The Labute approximate surface area is 65.7 Å². The van der Waals surface area contributed by atoms with Crippen LogP contribution in [0.3, 0.4) is 0 Å². The number of nitrogens with zero attached hydrogens (tertiary/aromatic N) is 2. The van der Waals surface area contributed by atoms with Crippen LogP contribution in [0.2, 0.25) is 0 Å². The molecule has 2 N–H and O–H groups in total. The van der Waals surface area contributed by atoms with Crippen LogP contribution in [0.15, 0.2) is 12.4 Å². The highest BCUT2D eigenvalue weighted by Gasteiger charge is 2.27. The van der Waals surface area contributed by atoms with Gasteiger partial charge in [0.2, 0.25) is 0 Å². The molecule has 1 heterocycles. The second-order valence-corrected chi connectivity index (χ2v) is 2.87. The van der Waals surface area contributed by atoms with E-state index in [1.165, 1.54) is 12.8 Å². The molecule has 0 spiro atoms. The van der Waals surface area contributed by atoms with Crippen molar-refractivity contribution in [1.29, 1.82) is 0 Å². The van der Waals surface area contributed by atoms with E-state index in [1.807, 2.05) is 0 Å². The summed E-state index contributed by atoms with van der Waals surface area (Å²) in [5.74, 6) is 0.655. The lowest BCUT2D eigenvalue weighted by atomic mass is 10.2. The SMILES string of the molecule is NCc1nccnc1C1CC1. The predicted octanol–water partition coefficient (Wildman–Crippen LogP) is 0.813. The Kier molecular flexibility index (Phi) is 1.58. The van der Waals surface area contributed by atoms with Gasteiger partial charge in [-0.05, 0) is 12.8 Å². The Morgan fingerprint density at radius 1 is 1.36 bits per heavy atom. The molecule has 0 saturated heterocycles. The van der Waals surface area contributed by atoms with Crippen molar-refractivity contribution in [3.8, 4) is 0 Å². The van der Waals surface area contributed by atoms with Crippen LogP contribution in [-0.4, -0.2) is 9.97 Å². The smallest absolute Gasteiger partial charge is 0.0757 e. The number of hydrogen-bond acceptors (Lipinski definition) is 3. The van der Waals surface area contributed by atoms with E-state index in [-0.39, 0.29) is 0 Å². The van der Waals surface area contributed by atoms with E-state index < -0.39 is 0 Å². The van der Waals surface area contributed by atoms with Gasteiger partial charge in [0.1, 0.15) is 0 Å². The molecule has 1 aliphatic carbocycles. The quantitative estimate of drug-likeness (QED) is 0.677. The number of rotatable bonds is 2. The van der Waals surface area contributed by atoms with Gasteiger partial charge in [-0.3, -0.25) is 9.97 Å². The second-order valence-electron chi connectivity index (χ2n) is 2.87. The minimum absolute atomic E-state index is 0.514.